The van der Waals surface area contributed by atoms with Crippen LogP contribution in [0.4, 0.5) is 0 Å². The minimum absolute atomic E-state index is 0.237. The number of piperidine rings is 1. The second-order valence-corrected chi connectivity index (χ2v) is 7.36. The number of rotatable bonds is 3. The van der Waals surface area contributed by atoms with Crippen LogP contribution in [-0.4, -0.2) is 31.1 Å². The Hall–Kier alpha value is -0.860. The minimum Gasteiger partial charge on any atom is -0.306 e. The molecule has 1 heterocycles. The maximum atomic E-state index is 3.78. The van der Waals surface area contributed by atoms with Gasteiger partial charge in [-0.25, -0.2) is 0 Å². The van der Waals surface area contributed by atoms with Crippen molar-refractivity contribution >= 4 is 0 Å². The molecule has 1 aromatic rings. The number of hydrogen-bond acceptors (Lipinski definition) is 2. The fourth-order valence-electron chi connectivity index (χ4n) is 3.02. The van der Waals surface area contributed by atoms with E-state index in [1.165, 1.54) is 37.1 Å². The Kier molecular flexibility index (Phi) is 4.87. The standard InChI is InChI=1S/C18H30N2/c1-14(19-17-7-6-12-20(5)13-17)15-8-10-16(11-9-15)18(2,3)4/h8-11,14,17,19H,6-7,12-13H2,1-5H3. The van der Waals surface area contributed by atoms with Crippen LogP contribution in [0.3, 0.4) is 0 Å². The van der Waals surface area contributed by atoms with Crippen molar-refractivity contribution in [2.45, 2.75) is 58.0 Å². The summed E-state index contributed by atoms with van der Waals surface area (Å²) in [5.74, 6) is 0. The minimum atomic E-state index is 0.237. The first kappa shape index (κ1) is 15.5. The van der Waals surface area contributed by atoms with E-state index in [4.69, 9.17) is 0 Å². The van der Waals surface area contributed by atoms with Crippen molar-refractivity contribution in [2.24, 2.45) is 0 Å². The Morgan fingerprint density at radius 3 is 2.40 bits per heavy atom. The first-order valence-corrected chi connectivity index (χ1v) is 7.91. The summed E-state index contributed by atoms with van der Waals surface area (Å²) in [6.45, 7) is 11.5. The molecule has 0 spiro atoms. The molecule has 0 amide bonds. The third-order valence-corrected chi connectivity index (χ3v) is 4.39. The second kappa shape index (κ2) is 6.28. The molecule has 2 nitrogen and oxygen atoms in total. The predicted octanol–water partition coefficient (Wildman–Crippen LogP) is 3.73. The van der Waals surface area contributed by atoms with E-state index in [-0.39, 0.29) is 5.41 Å². The van der Waals surface area contributed by atoms with E-state index < -0.39 is 0 Å². The lowest BCUT2D eigenvalue weighted by Crippen LogP contribution is -2.44. The summed E-state index contributed by atoms with van der Waals surface area (Å²) >= 11 is 0. The molecule has 2 heteroatoms. The first-order valence-electron chi connectivity index (χ1n) is 7.91. The predicted molar refractivity (Wildman–Crippen MR) is 87.2 cm³/mol. The average molecular weight is 274 g/mol. The summed E-state index contributed by atoms with van der Waals surface area (Å²) in [5, 5.41) is 3.78. The van der Waals surface area contributed by atoms with Crippen molar-refractivity contribution in [3.63, 3.8) is 0 Å². The van der Waals surface area contributed by atoms with Gasteiger partial charge in [0.05, 0.1) is 0 Å². The fraction of sp³-hybridized carbons (Fsp3) is 0.667. The Balaban J connectivity index is 1.97. The van der Waals surface area contributed by atoms with Gasteiger partial charge in [-0.2, -0.15) is 0 Å². The highest BCUT2D eigenvalue weighted by Crippen LogP contribution is 2.24. The van der Waals surface area contributed by atoms with Crippen molar-refractivity contribution in [2.75, 3.05) is 20.1 Å². The van der Waals surface area contributed by atoms with Gasteiger partial charge in [0, 0.05) is 18.6 Å². The molecule has 1 fully saturated rings. The number of benzene rings is 1. The zero-order valence-electron chi connectivity index (χ0n) is 13.7. The molecular formula is C18H30N2. The molecule has 1 aliphatic heterocycles. The smallest absolute Gasteiger partial charge is 0.0294 e. The fourth-order valence-corrected chi connectivity index (χ4v) is 3.02. The lowest BCUT2D eigenvalue weighted by Gasteiger charge is -2.32. The molecule has 0 aliphatic carbocycles. The van der Waals surface area contributed by atoms with Gasteiger partial charge in [-0.1, -0.05) is 45.0 Å². The molecule has 0 saturated carbocycles. The van der Waals surface area contributed by atoms with Crippen molar-refractivity contribution in [1.29, 1.82) is 0 Å². The third-order valence-electron chi connectivity index (χ3n) is 4.39. The van der Waals surface area contributed by atoms with Crippen LogP contribution in [-0.2, 0) is 5.41 Å². The van der Waals surface area contributed by atoms with E-state index in [2.05, 4.69) is 69.2 Å². The van der Waals surface area contributed by atoms with Gasteiger partial charge in [-0.3, -0.25) is 0 Å². The van der Waals surface area contributed by atoms with Gasteiger partial charge in [0.1, 0.15) is 0 Å². The molecule has 1 aliphatic rings. The molecule has 0 aromatic heterocycles. The van der Waals surface area contributed by atoms with Gasteiger partial charge in [-0.05, 0) is 49.9 Å². The summed E-state index contributed by atoms with van der Waals surface area (Å²) in [7, 11) is 2.22. The first-order chi connectivity index (χ1) is 9.36. The van der Waals surface area contributed by atoms with Gasteiger partial charge in [0.15, 0.2) is 0 Å². The molecule has 0 bridgehead atoms. The monoisotopic (exact) mass is 274 g/mol. The molecular weight excluding hydrogens is 244 g/mol. The Labute approximate surface area is 124 Å². The van der Waals surface area contributed by atoms with Crippen LogP contribution in [0.5, 0.6) is 0 Å². The second-order valence-electron chi connectivity index (χ2n) is 7.36. The lowest BCUT2D eigenvalue weighted by molar-refractivity contribution is 0.218. The molecule has 0 radical (unpaired) electrons. The van der Waals surface area contributed by atoms with Gasteiger partial charge in [0.25, 0.3) is 0 Å². The summed E-state index contributed by atoms with van der Waals surface area (Å²) in [6, 6.07) is 10.2. The molecule has 20 heavy (non-hydrogen) atoms. The van der Waals surface area contributed by atoms with E-state index in [1.807, 2.05) is 0 Å². The lowest BCUT2D eigenvalue weighted by atomic mass is 9.86. The number of hydrogen-bond donors (Lipinski definition) is 1. The molecule has 112 valence electrons. The van der Waals surface area contributed by atoms with E-state index in [0.717, 1.165) is 0 Å². The number of likely N-dealkylation sites (tertiary alicyclic amines) is 1. The quantitative estimate of drug-likeness (QED) is 0.903. The van der Waals surface area contributed by atoms with Gasteiger partial charge in [-0.15, -0.1) is 0 Å². The highest BCUT2D eigenvalue weighted by Gasteiger charge is 2.19. The Bertz CT molecular complexity index is 416. The summed E-state index contributed by atoms with van der Waals surface area (Å²) in [6.07, 6.45) is 2.61. The van der Waals surface area contributed by atoms with E-state index in [9.17, 15) is 0 Å². The van der Waals surface area contributed by atoms with Crippen LogP contribution in [0.25, 0.3) is 0 Å². The largest absolute Gasteiger partial charge is 0.306 e. The van der Waals surface area contributed by atoms with Gasteiger partial charge in [0.2, 0.25) is 0 Å². The topological polar surface area (TPSA) is 15.3 Å². The van der Waals surface area contributed by atoms with Crippen molar-refractivity contribution in [1.82, 2.24) is 10.2 Å². The number of nitrogens with zero attached hydrogens (tertiary/aromatic N) is 1. The summed E-state index contributed by atoms with van der Waals surface area (Å²) in [4.78, 5) is 2.43. The normalized spacial score (nSPS) is 22.8. The van der Waals surface area contributed by atoms with E-state index >= 15 is 0 Å². The molecule has 2 unspecified atom stereocenters. The molecule has 1 aromatic carbocycles. The molecule has 1 N–H and O–H groups in total. The van der Waals surface area contributed by atoms with Crippen LogP contribution in [0.2, 0.25) is 0 Å². The SMILES string of the molecule is CC(NC1CCCN(C)C1)c1ccc(C(C)(C)C)cc1. The van der Waals surface area contributed by atoms with Crippen LogP contribution in [0.1, 0.15) is 57.7 Å². The highest BCUT2D eigenvalue weighted by atomic mass is 15.1. The maximum Gasteiger partial charge on any atom is 0.0294 e. The Morgan fingerprint density at radius 1 is 1.20 bits per heavy atom. The van der Waals surface area contributed by atoms with E-state index in [1.54, 1.807) is 0 Å². The Morgan fingerprint density at radius 2 is 1.85 bits per heavy atom. The summed E-state index contributed by atoms with van der Waals surface area (Å²) in [5.41, 5.74) is 3.04. The number of likely N-dealkylation sites (N-methyl/N-ethyl adjacent to an activating group) is 1. The van der Waals surface area contributed by atoms with E-state index in [0.29, 0.717) is 12.1 Å². The molecule has 1 saturated heterocycles. The van der Waals surface area contributed by atoms with Crippen molar-refractivity contribution in [3.05, 3.63) is 35.4 Å². The van der Waals surface area contributed by atoms with Crippen LogP contribution in [0.15, 0.2) is 24.3 Å². The van der Waals surface area contributed by atoms with Crippen molar-refractivity contribution in [3.8, 4) is 0 Å². The van der Waals surface area contributed by atoms with Gasteiger partial charge >= 0.3 is 0 Å². The van der Waals surface area contributed by atoms with Crippen LogP contribution >= 0.6 is 0 Å². The number of nitrogens with one attached hydrogen (secondary N) is 1. The van der Waals surface area contributed by atoms with Crippen LogP contribution < -0.4 is 5.32 Å². The highest BCUT2D eigenvalue weighted by molar-refractivity contribution is 5.29. The zero-order chi connectivity index (χ0) is 14.8. The van der Waals surface area contributed by atoms with Gasteiger partial charge < -0.3 is 10.2 Å². The molecule has 2 rings (SSSR count). The van der Waals surface area contributed by atoms with Crippen LogP contribution in [0, 0.1) is 0 Å². The molecule has 2 atom stereocenters. The third kappa shape index (κ3) is 4.07. The van der Waals surface area contributed by atoms with Crippen molar-refractivity contribution < 1.29 is 0 Å². The zero-order valence-corrected chi connectivity index (χ0v) is 13.7. The average Bonchev–Trinajstić information content (AvgIpc) is 2.38. The summed E-state index contributed by atoms with van der Waals surface area (Å²) < 4.78 is 0. The maximum absolute atomic E-state index is 3.78.